The van der Waals surface area contributed by atoms with Crippen LogP contribution >= 0.6 is 24.0 Å². The van der Waals surface area contributed by atoms with E-state index in [2.05, 4.69) is 48.5 Å². The summed E-state index contributed by atoms with van der Waals surface area (Å²) in [6.07, 6.45) is 4.14. The van der Waals surface area contributed by atoms with E-state index in [9.17, 15) is 4.79 Å². The summed E-state index contributed by atoms with van der Waals surface area (Å²) in [4.78, 5) is 18.8. The van der Waals surface area contributed by atoms with Gasteiger partial charge in [-0.05, 0) is 50.3 Å². The fraction of sp³-hybridized carbons (Fsp3) is 0.619. The van der Waals surface area contributed by atoms with Gasteiger partial charge in [-0.15, -0.1) is 24.0 Å². The Balaban J connectivity index is 0.00000364. The van der Waals surface area contributed by atoms with Gasteiger partial charge >= 0.3 is 0 Å². The maximum atomic E-state index is 12.7. The van der Waals surface area contributed by atoms with Crippen LogP contribution in [-0.4, -0.2) is 44.5 Å². The second kappa shape index (κ2) is 10.3. The van der Waals surface area contributed by atoms with Gasteiger partial charge in [0.25, 0.3) is 0 Å². The van der Waals surface area contributed by atoms with Crippen LogP contribution < -0.4 is 10.6 Å². The SMILES string of the molecule is CN=C(NCc1c(C)cc(C)cc1C)NCC1(C(=O)N(C)C)CCCC1.I. The molecule has 2 N–H and O–H groups in total. The Labute approximate surface area is 181 Å². The van der Waals surface area contributed by atoms with Crippen LogP contribution in [0.2, 0.25) is 0 Å². The molecule has 0 aromatic heterocycles. The van der Waals surface area contributed by atoms with Gasteiger partial charge in [0.2, 0.25) is 5.91 Å². The molecule has 6 heteroatoms. The van der Waals surface area contributed by atoms with Crippen molar-refractivity contribution in [2.45, 2.75) is 53.0 Å². The molecule has 0 saturated heterocycles. The number of amides is 1. The summed E-state index contributed by atoms with van der Waals surface area (Å²) in [6, 6.07) is 4.42. The lowest BCUT2D eigenvalue weighted by molar-refractivity contribution is -0.138. The van der Waals surface area contributed by atoms with E-state index in [1.165, 1.54) is 22.3 Å². The minimum absolute atomic E-state index is 0. The largest absolute Gasteiger partial charge is 0.355 e. The van der Waals surface area contributed by atoms with Crippen molar-refractivity contribution >= 4 is 35.8 Å². The average Bonchev–Trinajstić information content (AvgIpc) is 3.05. The number of guanidine groups is 1. The van der Waals surface area contributed by atoms with Gasteiger partial charge in [-0.2, -0.15) is 0 Å². The fourth-order valence-corrected chi connectivity index (χ4v) is 4.13. The van der Waals surface area contributed by atoms with E-state index in [1.54, 1.807) is 11.9 Å². The zero-order valence-electron chi connectivity index (χ0n) is 17.6. The molecule has 0 heterocycles. The molecule has 1 fully saturated rings. The van der Waals surface area contributed by atoms with Crippen LogP contribution in [0.25, 0.3) is 0 Å². The lowest BCUT2D eigenvalue weighted by atomic mass is 9.84. The molecule has 1 aromatic carbocycles. The molecular weight excluding hydrogens is 451 g/mol. The van der Waals surface area contributed by atoms with Crippen LogP contribution in [0.4, 0.5) is 0 Å². The van der Waals surface area contributed by atoms with Gasteiger partial charge in [0.15, 0.2) is 5.96 Å². The molecule has 1 aromatic rings. The Kier molecular flexibility index (Phi) is 9.05. The van der Waals surface area contributed by atoms with E-state index in [0.717, 1.165) is 38.2 Å². The number of rotatable bonds is 5. The summed E-state index contributed by atoms with van der Waals surface area (Å²) in [5.41, 5.74) is 4.88. The van der Waals surface area contributed by atoms with E-state index >= 15 is 0 Å². The van der Waals surface area contributed by atoms with Crippen LogP contribution in [-0.2, 0) is 11.3 Å². The van der Waals surface area contributed by atoms with Crippen molar-refractivity contribution in [3.05, 3.63) is 34.4 Å². The Morgan fingerprint density at radius 3 is 2.15 bits per heavy atom. The molecule has 0 unspecified atom stereocenters. The van der Waals surface area contributed by atoms with Gasteiger partial charge in [0, 0.05) is 34.2 Å². The Hall–Kier alpha value is -1.31. The summed E-state index contributed by atoms with van der Waals surface area (Å²) in [5, 5.41) is 6.81. The maximum Gasteiger partial charge on any atom is 0.230 e. The molecule has 0 atom stereocenters. The molecule has 0 spiro atoms. The third-order valence-corrected chi connectivity index (χ3v) is 5.51. The molecule has 1 aliphatic carbocycles. The molecule has 5 nitrogen and oxygen atoms in total. The lowest BCUT2D eigenvalue weighted by Crippen LogP contribution is -2.49. The third kappa shape index (κ3) is 5.83. The van der Waals surface area contributed by atoms with Gasteiger partial charge in [0.05, 0.1) is 5.41 Å². The van der Waals surface area contributed by atoms with Crippen LogP contribution in [0.3, 0.4) is 0 Å². The first-order chi connectivity index (χ1) is 12.3. The van der Waals surface area contributed by atoms with Gasteiger partial charge in [0.1, 0.15) is 0 Å². The van der Waals surface area contributed by atoms with E-state index < -0.39 is 0 Å². The number of hydrogen-bond acceptors (Lipinski definition) is 2. The molecule has 0 radical (unpaired) electrons. The number of benzene rings is 1. The first kappa shape index (κ1) is 23.7. The van der Waals surface area contributed by atoms with Gasteiger partial charge < -0.3 is 15.5 Å². The first-order valence-corrected chi connectivity index (χ1v) is 9.52. The molecule has 152 valence electrons. The Bertz CT molecular complexity index is 656. The molecule has 0 aliphatic heterocycles. The summed E-state index contributed by atoms with van der Waals surface area (Å²) in [7, 11) is 5.47. The number of carbonyl (C=O) groups is 1. The van der Waals surface area contributed by atoms with Crippen LogP contribution in [0, 0.1) is 26.2 Å². The molecule has 2 rings (SSSR count). The minimum atomic E-state index is -0.295. The van der Waals surface area contributed by atoms with Crippen molar-refractivity contribution in [2.75, 3.05) is 27.7 Å². The smallest absolute Gasteiger partial charge is 0.230 e. The lowest BCUT2D eigenvalue weighted by Gasteiger charge is -2.31. The number of aryl methyl sites for hydroxylation is 3. The Morgan fingerprint density at radius 1 is 1.11 bits per heavy atom. The highest BCUT2D eigenvalue weighted by Crippen LogP contribution is 2.38. The fourth-order valence-electron chi connectivity index (χ4n) is 4.13. The predicted octanol–water partition coefficient (Wildman–Crippen LogP) is 3.54. The molecule has 1 saturated carbocycles. The normalized spacial score (nSPS) is 15.9. The second-order valence-electron chi connectivity index (χ2n) is 7.84. The van der Waals surface area contributed by atoms with Crippen molar-refractivity contribution in [3.63, 3.8) is 0 Å². The molecule has 27 heavy (non-hydrogen) atoms. The third-order valence-electron chi connectivity index (χ3n) is 5.51. The van der Waals surface area contributed by atoms with Crippen LogP contribution in [0.1, 0.15) is 47.9 Å². The summed E-state index contributed by atoms with van der Waals surface area (Å²) in [5.74, 6) is 0.977. The highest BCUT2D eigenvalue weighted by molar-refractivity contribution is 14.0. The van der Waals surface area contributed by atoms with Gasteiger partial charge in [-0.3, -0.25) is 9.79 Å². The first-order valence-electron chi connectivity index (χ1n) is 9.52. The van der Waals surface area contributed by atoms with E-state index in [-0.39, 0.29) is 35.3 Å². The number of nitrogens with one attached hydrogen (secondary N) is 2. The monoisotopic (exact) mass is 486 g/mol. The highest BCUT2D eigenvalue weighted by Gasteiger charge is 2.42. The zero-order valence-corrected chi connectivity index (χ0v) is 19.9. The van der Waals surface area contributed by atoms with E-state index in [0.29, 0.717) is 6.54 Å². The topological polar surface area (TPSA) is 56.7 Å². The average molecular weight is 486 g/mol. The van der Waals surface area contributed by atoms with Gasteiger partial charge in [-0.1, -0.05) is 30.5 Å². The van der Waals surface area contributed by atoms with E-state index in [1.807, 2.05) is 14.1 Å². The highest BCUT2D eigenvalue weighted by atomic mass is 127. The summed E-state index contributed by atoms with van der Waals surface area (Å²) < 4.78 is 0. The molecule has 1 aliphatic rings. The van der Waals surface area contributed by atoms with Gasteiger partial charge in [-0.25, -0.2) is 0 Å². The summed E-state index contributed by atoms with van der Waals surface area (Å²) >= 11 is 0. The number of hydrogen-bond donors (Lipinski definition) is 2. The number of aliphatic imine (C=N–C) groups is 1. The molecule has 0 bridgehead atoms. The van der Waals surface area contributed by atoms with Crippen LogP contribution in [0.5, 0.6) is 0 Å². The van der Waals surface area contributed by atoms with Crippen molar-refractivity contribution in [1.82, 2.24) is 15.5 Å². The molecule has 1 amide bonds. The van der Waals surface area contributed by atoms with E-state index in [4.69, 9.17) is 0 Å². The maximum absolute atomic E-state index is 12.7. The van der Waals surface area contributed by atoms with Crippen molar-refractivity contribution in [2.24, 2.45) is 10.4 Å². The standard InChI is InChI=1S/C21H34N4O.HI/c1-15-11-16(2)18(17(3)12-15)13-23-20(22-4)24-14-21(9-7-8-10-21)19(26)25(5)6;/h11-12H,7-10,13-14H2,1-6H3,(H2,22,23,24);1H. The quantitative estimate of drug-likeness (QED) is 0.381. The van der Waals surface area contributed by atoms with Crippen molar-refractivity contribution in [3.8, 4) is 0 Å². The number of halogens is 1. The Morgan fingerprint density at radius 2 is 1.67 bits per heavy atom. The minimum Gasteiger partial charge on any atom is -0.355 e. The number of carbonyl (C=O) groups excluding carboxylic acids is 1. The zero-order chi connectivity index (χ0) is 19.3. The van der Waals surface area contributed by atoms with Crippen molar-refractivity contribution in [1.29, 1.82) is 0 Å². The van der Waals surface area contributed by atoms with Crippen molar-refractivity contribution < 1.29 is 4.79 Å². The number of nitrogens with zero attached hydrogens (tertiary/aromatic N) is 2. The van der Waals surface area contributed by atoms with Crippen LogP contribution in [0.15, 0.2) is 17.1 Å². The second-order valence-corrected chi connectivity index (χ2v) is 7.84. The summed E-state index contributed by atoms with van der Waals surface area (Å²) in [6.45, 7) is 7.79. The predicted molar refractivity (Wildman–Crippen MR) is 124 cm³/mol. The molecular formula is C21H35IN4O.